The van der Waals surface area contributed by atoms with Gasteiger partial charge in [-0.2, -0.15) is 0 Å². The molecule has 3 amide bonds. The van der Waals surface area contributed by atoms with Crippen LogP contribution >= 0.6 is 0 Å². The van der Waals surface area contributed by atoms with Gasteiger partial charge in [0, 0.05) is 18.5 Å². The van der Waals surface area contributed by atoms with Gasteiger partial charge in [-0.15, -0.1) is 0 Å². The molecule has 0 aliphatic carbocycles. The number of amides is 3. The average molecular weight is 383 g/mol. The molecule has 0 aromatic heterocycles. The van der Waals surface area contributed by atoms with E-state index in [4.69, 9.17) is 4.74 Å². The zero-order valence-electron chi connectivity index (χ0n) is 15.9. The number of rotatable bonds is 9. The van der Waals surface area contributed by atoms with Crippen molar-refractivity contribution in [2.75, 3.05) is 11.9 Å². The summed E-state index contributed by atoms with van der Waals surface area (Å²) in [6.07, 6.45) is 1.83. The first-order valence-electron chi connectivity index (χ1n) is 9.26. The Kier molecular flexibility index (Phi) is 8.52. The van der Waals surface area contributed by atoms with Gasteiger partial charge in [0.25, 0.3) is 5.91 Å². The lowest BCUT2D eigenvalue weighted by molar-refractivity contribution is -0.124. The Bertz CT molecular complexity index is 793. The molecule has 0 unspecified atom stereocenters. The highest BCUT2D eigenvalue weighted by atomic mass is 16.5. The Morgan fingerprint density at radius 1 is 0.857 bits per heavy atom. The predicted molar refractivity (Wildman–Crippen MR) is 107 cm³/mol. The monoisotopic (exact) mass is 383 g/mol. The van der Waals surface area contributed by atoms with E-state index in [1.54, 1.807) is 36.4 Å². The molecule has 0 heterocycles. The fraction of sp³-hybridized carbons (Fsp3) is 0.286. The Balaban J connectivity index is 1.76. The summed E-state index contributed by atoms with van der Waals surface area (Å²) in [6, 6.07) is 15.8. The second-order valence-electron chi connectivity index (χ2n) is 6.11. The van der Waals surface area contributed by atoms with E-state index in [1.165, 1.54) is 0 Å². The van der Waals surface area contributed by atoms with Gasteiger partial charge in [0.05, 0.1) is 12.2 Å². The molecule has 2 aromatic rings. The van der Waals surface area contributed by atoms with Crippen molar-refractivity contribution in [3.05, 3.63) is 60.2 Å². The van der Waals surface area contributed by atoms with E-state index >= 15 is 0 Å². The zero-order valence-corrected chi connectivity index (χ0v) is 15.9. The molecule has 2 aromatic carbocycles. The molecular weight excluding hydrogens is 358 g/mol. The molecule has 0 fully saturated rings. The smallest absolute Gasteiger partial charge is 0.273 e. The van der Waals surface area contributed by atoms with Crippen LogP contribution in [0.1, 0.15) is 43.0 Å². The maximum absolute atomic E-state index is 12.3. The van der Waals surface area contributed by atoms with E-state index in [2.05, 4.69) is 23.1 Å². The van der Waals surface area contributed by atoms with Gasteiger partial charge in [-0.1, -0.05) is 43.7 Å². The maximum Gasteiger partial charge on any atom is 0.273 e. The first-order chi connectivity index (χ1) is 13.6. The molecule has 0 bridgehead atoms. The van der Waals surface area contributed by atoms with Crippen molar-refractivity contribution < 1.29 is 19.1 Å². The van der Waals surface area contributed by atoms with Gasteiger partial charge < -0.3 is 10.1 Å². The number of carbonyl (C=O) groups is 3. The Hall–Kier alpha value is -3.35. The molecule has 7 heteroatoms. The summed E-state index contributed by atoms with van der Waals surface area (Å²) < 4.78 is 5.61. The molecule has 3 N–H and O–H groups in total. The first kappa shape index (κ1) is 21.0. The summed E-state index contributed by atoms with van der Waals surface area (Å²) >= 11 is 0. The average Bonchev–Trinajstić information content (AvgIpc) is 2.72. The predicted octanol–water partition coefficient (Wildman–Crippen LogP) is 3.05. The van der Waals surface area contributed by atoms with E-state index in [-0.39, 0.29) is 18.7 Å². The second-order valence-corrected chi connectivity index (χ2v) is 6.11. The fourth-order valence-corrected chi connectivity index (χ4v) is 2.33. The molecule has 0 atom stereocenters. The van der Waals surface area contributed by atoms with Crippen LogP contribution in [0.5, 0.6) is 5.75 Å². The minimum absolute atomic E-state index is 0.00726. The number of para-hydroxylation sites is 2. The molecule has 148 valence electrons. The Morgan fingerprint density at radius 2 is 1.54 bits per heavy atom. The van der Waals surface area contributed by atoms with Crippen molar-refractivity contribution >= 4 is 23.4 Å². The maximum atomic E-state index is 12.3. The Labute approximate surface area is 164 Å². The van der Waals surface area contributed by atoms with Crippen LogP contribution in [0.2, 0.25) is 0 Å². The van der Waals surface area contributed by atoms with E-state index in [9.17, 15) is 14.4 Å². The standard InChI is InChI=1S/C21H25N3O4/c1-2-3-15-28-18-12-8-7-11-17(18)21(27)24-23-20(26)14-13-19(25)22-16-9-5-4-6-10-16/h4-12H,2-3,13-15H2,1H3,(H,22,25)(H,23,26)(H,24,27). The van der Waals surface area contributed by atoms with Crippen molar-refractivity contribution in [2.24, 2.45) is 0 Å². The van der Waals surface area contributed by atoms with Gasteiger partial charge in [0.2, 0.25) is 11.8 Å². The molecule has 0 aliphatic heterocycles. The highest BCUT2D eigenvalue weighted by Crippen LogP contribution is 2.18. The second kappa shape index (κ2) is 11.4. The van der Waals surface area contributed by atoms with Gasteiger partial charge in [-0.05, 0) is 30.7 Å². The van der Waals surface area contributed by atoms with Crippen molar-refractivity contribution in [2.45, 2.75) is 32.6 Å². The molecule has 0 aliphatic rings. The summed E-state index contributed by atoms with van der Waals surface area (Å²) in [6.45, 7) is 2.57. The molecule has 0 saturated heterocycles. The summed E-state index contributed by atoms with van der Waals surface area (Å²) in [5.74, 6) is -0.748. The largest absolute Gasteiger partial charge is 0.493 e. The van der Waals surface area contributed by atoms with Crippen LogP contribution in [0.3, 0.4) is 0 Å². The Morgan fingerprint density at radius 3 is 2.29 bits per heavy atom. The van der Waals surface area contributed by atoms with Crippen molar-refractivity contribution in [1.29, 1.82) is 0 Å². The van der Waals surface area contributed by atoms with Crippen LogP contribution < -0.4 is 20.9 Å². The highest BCUT2D eigenvalue weighted by Gasteiger charge is 2.13. The molecule has 28 heavy (non-hydrogen) atoms. The highest BCUT2D eigenvalue weighted by molar-refractivity contribution is 5.98. The minimum Gasteiger partial charge on any atom is -0.493 e. The molecule has 2 rings (SSSR count). The van der Waals surface area contributed by atoms with Gasteiger partial charge in [-0.3, -0.25) is 25.2 Å². The molecule has 0 radical (unpaired) electrons. The van der Waals surface area contributed by atoms with E-state index in [0.717, 1.165) is 12.8 Å². The number of nitrogens with one attached hydrogen (secondary N) is 3. The third-order valence-electron chi connectivity index (χ3n) is 3.84. The van der Waals surface area contributed by atoms with Gasteiger partial charge in [0.15, 0.2) is 0 Å². The summed E-state index contributed by atoms with van der Waals surface area (Å²) in [5.41, 5.74) is 5.67. The van der Waals surface area contributed by atoms with E-state index in [0.29, 0.717) is 23.6 Å². The molecule has 0 saturated carbocycles. The van der Waals surface area contributed by atoms with Gasteiger partial charge in [-0.25, -0.2) is 0 Å². The number of ether oxygens (including phenoxy) is 1. The molecule has 0 spiro atoms. The zero-order chi connectivity index (χ0) is 20.2. The van der Waals surface area contributed by atoms with Crippen LogP contribution in [0.15, 0.2) is 54.6 Å². The topological polar surface area (TPSA) is 96.5 Å². The number of hydrogen-bond donors (Lipinski definition) is 3. The lowest BCUT2D eigenvalue weighted by Gasteiger charge is -2.12. The lowest BCUT2D eigenvalue weighted by Crippen LogP contribution is -2.42. The molecule has 7 nitrogen and oxygen atoms in total. The minimum atomic E-state index is -0.478. The SMILES string of the molecule is CCCCOc1ccccc1C(=O)NNC(=O)CCC(=O)Nc1ccccc1. The third kappa shape index (κ3) is 7.11. The van der Waals surface area contributed by atoms with Crippen LogP contribution in [-0.4, -0.2) is 24.3 Å². The number of benzene rings is 2. The third-order valence-corrected chi connectivity index (χ3v) is 3.84. The summed E-state index contributed by atoms with van der Waals surface area (Å²) in [7, 11) is 0. The van der Waals surface area contributed by atoms with Gasteiger partial charge in [0.1, 0.15) is 5.75 Å². The number of hydrogen-bond acceptors (Lipinski definition) is 4. The number of hydrazine groups is 1. The summed E-state index contributed by atoms with van der Waals surface area (Å²) in [4.78, 5) is 36.0. The van der Waals surface area contributed by atoms with Crippen molar-refractivity contribution in [1.82, 2.24) is 10.9 Å². The fourth-order valence-electron chi connectivity index (χ4n) is 2.33. The lowest BCUT2D eigenvalue weighted by atomic mass is 10.2. The van der Waals surface area contributed by atoms with Crippen molar-refractivity contribution in [3.8, 4) is 5.75 Å². The van der Waals surface area contributed by atoms with E-state index in [1.807, 2.05) is 18.2 Å². The number of unbranched alkanes of at least 4 members (excludes halogenated alkanes) is 1. The normalized spacial score (nSPS) is 10.0. The van der Waals surface area contributed by atoms with E-state index < -0.39 is 11.8 Å². The number of anilines is 1. The molecular formula is C21H25N3O4. The van der Waals surface area contributed by atoms with Crippen LogP contribution in [0, 0.1) is 0 Å². The van der Waals surface area contributed by atoms with Gasteiger partial charge >= 0.3 is 0 Å². The number of carbonyl (C=O) groups excluding carboxylic acids is 3. The van der Waals surface area contributed by atoms with Crippen LogP contribution in [0.4, 0.5) is 5.69 Å². The summed E-state index contributed by atoms with van der Waals surface area (Å²) in [5, 5.41) is 2.70. The van der Waals surface area contributed by atoms with Crippen molar-refractivity contribution in [3.63, 3.8) is 0 Å². The van der Waals surface area contributed by atoms with Crippen LogP contribution in [-0.2, 0) is 9.59 Å². The van der Waals surface area contributed by atoms with Crippen LogP contribution in [0.25, 0.3) is 0 Å². The quantitative estimate of drug-likeness (QED) is 0.458. The first-order valence-corrected chi connectivity index (χ1v) is 9.26.